The highest BCUT2D eigenvalue weighted by molar-refractivity contribution is 8.21. The molecule has 1 N–H and O–H groups in total. The van der Waals surface area contributed by atoms with Gasteiger partial charge in [0.15, 0.2) is 0 Å². The van der Waals surface area contributed by atoms with E-state index in [2.05, 4.69) is 0 Å². The largest absolute Gasteiger partial charge is 0.508 e. The van der Waals surface area contributed by atoms with Gasteiger partial charge in [0.2, 0.25) is 11.8 Å². The van der Waals surface area contributed by atoms with E-state index in [0.717, 1.165) is 6.08 Å². The minimum atomic E-state index is -4.00. The van der Waals surface area contributed by atoms with Gasteiger partial charge < -0.3 is 10.6 Å². The van der Waals surface area contributed by atoms with Crippen LogP contribution in [0.4, 0.5) is 0 Å². The summed E-state index contributed by atoms with van der Waals surface area (Å²) < 4.78 is 22.7. The lowest BCUT2D eigenvalue weighted by molar-refractivity contribution is -0.515. The molecule has 2 rings (SSSR count). The molecule has 1 atom stereocenters. The Bertz CT molecular complexity index is 637. The third-order valence-electron chi connectivity index (χ3n) is 2.49. The number of rotatable bonds is 2. The van der Waals surface area contributed by atoms with Gasteiger partial charge in [-0.25, -0.2) is 8.42 Å². The minimum Gasteiger partial charge on any atom is -0.508 e. The van der Waals surface area contributed by atoms with Crippen molar-refractivity contribution >= 4 is 30.4 Å². The molecule has 0 heterocycles. The Labute approximate surface area is 102 Å². The topological polar surface area (TPSA) is 87.5 Å². The molecule has 1 aromatic carbocycles. The Balaban J connectivity index is 2.75. The van der Waals surface area contributed by atoms with E-state index in [9.17, 15) is 13.2 Å². The molecule has 7 heteroatoms. The Morgan fingerprint density at radius 3 is 2.53 bits per heavy atom. The van der Waals surface area contributed by atoms with Gasteiger partial charge in [-0.3, -0.25) is 4.79 Å². The summed E-state index contributed by atoms with van der Waals surface area (Å²) in [5.41, 5.74) is 9.60. The van der Waals surface area contributed by atoms with Crippen molar-refractivity contribution in [3.8, 4) is 0 Å². The number of carbonyl (C=O) groups is 1. The zero-order chi connectivity index (χ0) is 12.6. The third-order valence-corrected chi connectivity index (χ3v) is 3.85. The maximum Gasteiger partial charge on any atom is 0.262 e. The first-order chi connectivity index (χ1) is 7.95. The number of benzene rings is 1. The van der Waals surface area contributed by atoms with Crippen molar-refractivity contribution in [3.63, 3.8) is 0 Å². The molecule has 17 heavy (non-hydrogen) atoms. The molecule has 0 aromatic heterocycles. The number of nitrogens with zero attached hydrogens (tertiary/aromatic N) is 1. The number of ketones is 1. The SMILES string of the molecule is [N-]=[NH+]C1C(=O)C=C(S(=O)(=O)Cl)c2ccccc21. The summed E-state index contributed by atoms with van der Waals surface area (Å²) in [6.07, 6.45) is 0.915. The van der Waals surface area contributed by atoms with Gasteiger partial charge in [-0.2, -0.15) is 0 Å². The normalized spacial score (nSPS) is 19.5. The summed E-state index contributed by atoms with van der Waals surface area (Å²) in [5, 5.41) is 1.85. The fourth-order valence-electron chi connectivity index (χ4n) is 1.75. The van der Waals surface area contributed by atoms with Crippen LogP contribution in [0.25, 0.3) is 10.4 Å². The highest BCUT2D eigenvalue weighted by Gasteiger charge is 2.34. The van der Waals surface area contributed by atoms with Crippen molar-refractivity contribution in [1.82, 2.24) is 0 Å². The first-order valence-corrected chi connectivity index (χ1v) is 6.95. The summed E-state index contributed by atoms with van der Waals surface area (Å²) in [4.78, 5) is 11.4. The zero-order valence-corrected chi connectivity index (χ0v) is 9.99. The van der Waals surface area contributed by atoms with Crippen LogP contribution in [0.15, 0.2) is 30.3 Å². The Morgan fingerprint density at radius 1 is 1.29 bits per heavy atom. The molecule has 0 radical (unpaired) electrons. The average Bonchev–Trinajstić information content (AvgIpc) is 2.27. The molecular formula is C10H7ClN2O3S. The molecular weight excluding hydrogens is 264 g/mol. The van der Waals surface area contributed by atoms with Gasteiger partial charge in [0.25, 0.3) is 9.05 Å². The Morgan fingerprint density at radius 2 is 1.94 bits per heavy atom. The second-order valence-corrected chi connectivity index (χ2v) is 6.03. The van der Waals surface area contributed by atoms with Crippen molar-refractivity contribution in [2.24, 2.45) is 0 Å². The highest BCUT2D eigenvalue weighted by atomic mass is 35.7. The Hall–Kier alpha value is -1.53. The molecule has 1 aromatic rings. The van der Waals surface area contributed by atoms with Crippen LogP contribution in [0.3, 0.4) is 0 Å². The van der Waals surface area contributed by atoms with E-state index < -0.39 is 20.9 Å². The summed E-state index contributed by atoms with van der Waals surface area (Å²) in [6, 6.07) is 5.38. The molecule has 1 aliphatic carbocycles. The van der Waals surface area contributed by atoms with E-state index in [0.29, 0.717) is 11.1 Å². The summed E-state index contributed by atoms with van der Waals surface area (Å²) in [6.45, 7) is 0. The second-order valence-electron chi connectivity index (χ2n) is 3.50. The van der Waals surface area contributed by atoms with Gasteiger partial charge in [-0.15, -0.1) is 0 Å². The van der Waals surface area contributed by atoms with Gasteiger partial charge in [-0.1, -0.05) is 24.3 Å². The van der Waals surface area contributed by atoms with Crippen LogP contribution >= 0.6 is 10.7 Å². The van der Waals surface area contributed by atoms with Gasteiger partial charge in [-0.05, 0) is 0 Å². The number of halogens is 1. The van der Waals surface area contributed by atoms with Crippen molar-refractivity contribution in [2.45, 2.75) is 6.04 Å². The van der Waals surface area contributed by atoms with Gasteiger partial charge >= 0.3 is 0 Å². The van der Waals surface area contributed by atoms with Gasteiger partial charge in [0.05, 0.1) is 4.91 Å². The van der Waals surface area contributed by atoms with Crippen LogP contribution < -0.4 is 5.11 Å². The smallest absolute Gasteiger partial charge is 0.262 e. The predicted molar refractivity (Wildman–Crippen MR) is 61.3 cm³/mol. The molecule has 0 aliphatic heterocycles. The first kappa shape index (κ1) is 11.9. The Kier molecular flexibility index (Phi) is 2.84. The first-order valence-electron chi connectivity index (χ1n) is 4.64. The van der Waals surface area contributed by atoms with Crippen LogP contribution in [-0.2, 0) is 13.8 Å². The lowest BCUT2D eigenvalue weighted by atomic mass is 9.92. The van der Waals surface area contributed by atoms with E-state index in [4.69, 9.17) is 16.2 Å². The molecule has 1 unspecified atom stereocenters. The summed E-state index contributed by atoms with van der Waals surface area (Å²) in [7, 11) is 1.26. The van der Waals surface area contributed by atoms with Crippen molar-refractivity contribution in [3.05, 3.63) is 47.0 Å². The van der Waals surface area contributed by atoms with E-state index in [1.165, 1.54) is 6.07 Å². The third kappa shape index (κ3) is 2.01. The monoisotopic (exact) mass is 270 g/mol. The van der Waals surface area contributed by atoms with Crippen molar-refractivity contribution in [1.29, 1.82) is 0 Å². The molecule has 1 aliphatic rings. The molecule has 0 bridgehead atoms. The minimum absolute atomic E-state index is 0.244. The van der Waals surface area contributed by atoms with Crippen molar-refractivity contribution in [2.75, 3.05) is 0 Å². The molecule has 0 spiro atoms. The predicted octanol–water partition coefficient (Wildman–Crippen LogP) is 0.322. The molecule has 88 valence electrons. The van der Waals surface area contributed by atoms with Crippen LogP contribution in [0.2, 0.25) is 0 Å². The number of carbonyl (C=O) groups excluding carboxylic acids is 1. The lowest BCUT2D eigenvalue weighted by Gasteiger charge is -2.17. The molecule has 0 amide bonds. The maximum atomic E-state index is 11.6. The van der Waals surface area contributed by atoms with Crippen LogP contribution in [-0.4, -0.2) is 14.2 Å². The van der Waals surface area contributed by atoms with Gasteiger partial charge in [0, 0.05) is 27.9 Å². The maximum absolute atomic E-state index is 11.6. The molecule has 5 nitrogen and oxygen atoms in total. The van der Waals surface area contributed by atoms with Crippen LogP contribution in [0.1, 0.15) is 17.2 Å². The highest BCUT2D eigenvalue weighted by Crippen LogP contribution is 2.33. The summed E-state index contributed by atoms with van der Waals surface area (Å²) >= 11 is 0. The average molecular weight is 271 g/mol. The van der Waals surface area contributed by atoms with E-state index in [-0.39, 0.29) is 4.91 Å². The standard InChI is InChI=1S/C10H7ClN2O3S/c11-17(15,16)9-5-8(14)10(13-12)7-4-2-1-3-6(7)9/h1-5,10,13H. The molecule has 0 saturated heterocycles. The van der Waals surface area contributed by atoms with Gasteiger partial charge in [0.1, 0.15) is 0 Å². The second kappa shape index (κ2) is 4.05. The van der Waals surface area contributed by atoms with Crippen LogP contribution in [0, 0.1) is 0 Å². The van der Waals surface area contributed by atoms with E-state index in [1.54, 1.807) is 18.2 Å². The fraction of sp³-hybridized carbons (Fsp3) is 0.100. The van der Waals surface area contributed by atoms with Crippen LogP contribution in [0.5, 0.6) is 0 Å². The lowest BCUT2D eigenvalue weighted by Crippen LogP contribution is -2.68. The van der Waals surface area contributed by atoms with Crippen molar-refractivity contribution < 1.29 is 18.3 Å². The summed E-state index contributed by atoms with van der Waals surface area (Å²) in [5.74, 6) is -0.564. The molecule has 0 saturated carbocycles. The number of hydrogen-bond donors (Lipinski definition) is 1. The molecule has 0 fully saturated rings. The number of nitrogens with one attached hydrogen (secondary N) is 1. The fourth-order valence-corrected chi connectivity index (χ4v) is 2.84. The number of fused-ring (bicyclic) bond motifs is 1. The van der Waals surface area contributed by atoms with E-state index in [1.807, 2.05) is 5.11 Å². The van der Waals surface area contributed by atoms with E-state index >= 15 is 0 Å². The zero-order valence-electron chi connectivity index (χ0n) is 8.42. The number of hydrogen-bond acceptors (Lipinski definition) is 3. The quantitative estimate of drug-likeness (QED) is 0.620.